The van der Waals surface area contributed by atoms with Gasteiger partial charge in [-0.2, -0.15) is 5.26 Å². The molecule has 1 aromatic rings. The Labute approximate surface area is 106 Å². The number of hydrogen-bond donors (Lipinski definition) is 0. The van der Waals surface area contributed by atoms with Crippen molar-refractivity contribution in [3.8, 4) is 11.8 Å². The van der Waals surface area contributed by atoms with Gasteiger partial charge in [-0.25, -0.2) is 0 Å². The molecular weight excluding hydrogens is 226 g/mol. The minimum Gasteiger partial charge on any atom is -0.493 e. The second-order valence-electron chi connectivity index (χ2n) is 5.09. The molecule has 1 aromatic carbocycles. The van der Waals surface area contributed by atoms with Crippen LogP contribution in [0.15, 0.2) is 18.2 Å². The van der Waals surface area contributed by atoms with Crippen LogP contribution in [-0.2, 0) is 16.6 Å². The monoisotopic (exact) mass is 241 g/mol. The number of carbonyl (C=O) groups is 1. The molecule has 0 atom stereocenters. The number of nitriles is 1. The molecule has 1 aliphatic heterocycles. The molecule has 0 aromatic heterocycles. The van der Waals surface area contributed by atoms with E-state index in [9.17, 15) is 4.79 Å². The Kier molecular flexibility index (Phi) is 2.59. The lowest BCUT2D eigenvalue weighted by atomic mass is 9.61. The summed E-state index contributed by atoms with van der Waals surface area (Å²) in [7, 11) is 0. The second kappa shape index (κ2) is 4.13. The Morgan fingerprint density at radius 3 is 2.94 bits per heavy atom. The number of para-hydroxylation sites is 1. The van der Waals surface area contributed by atoms with Crippen molar-refractivity contribution in [1.82, 2.24) is 0 Å². The van der Waals surface area contributed by atoms with Crippen molar-refractivity contribution in [2.75, 3.05) is 6.61 Å². The molecule has 3 heteroatoms. The number of ether oxygens (including phenoxy) is 1. The van der Waals surface area contributed by atoms with Crippen molar-refractivity contribution in [3.63, 3.8) is 0 Å². The molecule has 92 valence electrons. The summed E-state index contributed by atoms with van der Waals surface area (Å²) in [5, 5.41) is 8.76. The van der Waals surface area contributed by atoms with Gasteiger partial charge in [0.05, 0.1) is 24.5 Å². The number of carbonyl (C=O) groups excluding carboxylic acids is 1. The lowest BCUT2D eigenvalue weighted by Gasteiger charge is -2.41. The molecule has 1 heterocycles. The number of nitrogens with zero attached hydrogens (tertiary/aromatic N) is 1. The molecule has 0 spiro atoms. The summed E-state index contributed by atoms with van der Waals surface area (Å²) in [6.45, 7) is 0.703. The highest BCUT2D eigenvalue weighted by Crippen LogP contribution is 2.50. The molecule has 3 nitrogen and oxygen atoms in total. The van der Waals surface area contributed by atoms with E-state index in [2.05, 4.69) is 6.07 Å². The molecule has 0 radical (unpaired) electrons. The van der Waals surface area contributed by atoms with Crippen molar-refractivity contribution in [3.05, 3.63) is 29.3 Å². The normalized spacial score (nSPS) is 19.3. The average Bonchev–Trinajstić information content (AvgIpc) is 2.76. The van der Waals surface area contributed by atoms with Gasteiger partial charge in [0.1, 0.15) is 5.75 Å². The van der Waals surface area contributed by atoms with Gasteiger partial charge in [-0.15, -0.1) is 0 Å². The number of hydrogen-bond acceptors (Lipinski definition) is 3. The van der Waals surface area contributed by atoms with Crippen LogP contribution >= 0.6 is 0 Å². The fraction of sp³-hybridized carbons (Fsp3) is 0.467. The molecule has 1 saturated carbocycles. The van der Waals surface area contributed by atoms with Crippen molar-refractivity contribution >= 4 is 5.78 Å². The summed E-state index contributed by atoms with van der Waals surface area (Å²) in [5.74, 6) is 0.962. The quantitative estimate of drug-likeness (QED) is 0.817. The predicted molar refractivity (Wildman–Crippen MR) is 66.4 cm³/mol. The van der Waals surface area contributed by atoms with Gasteiger partial charge in [-0.05, 0) is 18.4 Å². The van der Waals surface area contributed by atoms with E-state index in [0.717, 1.165) is 37.0 Å². The molecule has 1 aliphatic carbocycles. The van der Waals surface area contributed by atoms with Gasteiger partial charge in [-0.3, -0.25) is 4.79 Å². The highest BCUT2D eigenvalue weighted by molar-refractivity contribution is 5.93. The molecule has 18 heavy (non-hydrogen) atoms. The number of rotatable bonds is 3. The van der Waals surface area contributed by atoms with Crippen molar-refractivity contribution < 1.29 is 9.53 Å². The van der Waals surface area contributed by atoms with Crippen LogP contribution in [0.1, 0.15) is 36.8 Å². The maximum absolute atomic E-state index is 12.3. The van der Waals surface area contributed by atoms with Gasteiger partial charge in [0.2, 0.25) is 0 Å². The van der Waals surface area contributed by atoms with Crippen molar-refractivity contribution in [2.45, 2.75) is 37.5 Å². The average molecular weight is 241 g/mol. The van der Waals surface area contributed by atoms with E-state index in [1.54, 1.807) is 0 Å². The zero-order valence-corrected chi connectivity index (χ0v) is 10.2. The lowest BCUT2D eigenvalue weighted by Crippen LogP contribution is -2.42. The van der Waals surface area contributed by atoms with E-state index in [-0.39, 0.29) is 12.2 Å². The molecule has 3 rings (SSSR count). The smallest absolute Gasteiger partial charge is 0.157 e. The number of Topliss-reactive ketones (excluding diaryl/α,β-unsaturated/α-hetero) is 1. The number of benzene rings is 1. The zero-order valence-electron chi connectivity index (χ0n) is 10.2. The SMILES string of the molecule is N#CCC(=O)C1(c2cccc3c2OCC3)CCC1. The van der Waals surface area contributed by atoms with E-state index in [4.69, 9.17) is 10.00 Å². The molecule has 0 bridgehead atoms. The Balaban J connectivity index is 2.05. The highest BCUT2D eigenvalue weighted by Gasteiger charge is 2.47. The van der Waals surface area contributed by atoms with E-state index in [0.29, 0.717) is 6.61 Å². The van der Waals surface area contributed by atoms with E-state index in [1.807, 2.05) is 18.2 Å². The van der Waals surface area contributed by atoms with Crippen LogP contribution < -0.4 is 4.74 Å². The van der Waals surface area contributed by atoms with Crippen LogP contribution in [0.4, 0.5) is 0 Å². The summed E-state index contributed by atoms with van der Waals surface area (Å²) in [4.78, 5) is 12.3. The third-order valence-electron chi connectivity index (χ3n) is 4.21. The van der Waals surface area contributed by atoms with Crippen molar-refractivity contribution in [2.24, 2.45) is 0 Å². The summed E-state index contributed by atoms with van der Waals surface area (Å²) in [5.41, 5.74) is 1.78. The first-order chi connectivity index (χ1) is 8.78. The standard InChI is InChI=1S/C15H15NO2/c16-9-5-13(17)15(7-2-8-15)12-4-1-3-11-6-10-18-14(11)12/h1,3-4H,2,5-8,10H2. The fourth-order valence-electron chi connectivity index (χ4n) is 3.06. The maximum Gasteiger partial charge on any atom is 0.157 e. The number of fused-ring (bicyclic) bond motifs is 1. The molecule has 0 unspecified atom stereocenters. The fourth-order valence-corrected chi connectivity index (χ4v) is 3.06. The molecule has 0 amide bonds. The van der Waals surface area contributed by atoms with Crippen LogP contribution in [0.5, 0.6) is 5.75 Å². The first kappa shape index (κ1) is 11.3. The van der Waals surface area contributed by atoms with Crippen LogP contribution in [0, 0.1) is 11.3 Å². The summed E-state index contributed by atoms with van der Waals surface area (Å²) in [6.07, 6.45) is 3.69. The van der Waals surface area contributed by atoms with Crippen LogP contribution in [0.3, 0.4) is 0 Å². The first-order valence-electron chi connectivity index (χ1n) is 6.43. The maximum atomic E-state index is 12.3. The van der Waals surface area contributed by atoms with Gasteiger partial charge in [0.25, 0.3) is 0 Å². The van der Waals surface area contributed by atoms with Crippen LogP contribution in [0.2, 0.25) is 0 Å². The summed E-state index contributed by atoms with van der Waals surface area (Å²) >= 11 is 0. The van der Waals surface area contributed by atoms with E-state index >= 15 is 0 Å². The minimum atomic E-state index is -0.439. The Morgan fingerprint density at radius 1 is 1.44 bits per heavy atom. The second-order valence-corrected chi connectivity index (χ2v) is 5.09. The topological polar surface area (TPSA) is 50.1 Å². The Bertz CT molecular complexity index is 538. The van der Waals surface area contributed by atoms with Gasteiger partial charge in [0, 0.05) is 12.0 Å². The van der Waals surface area contributed by atoms with Crippen LogP contribution in [-0.4, -0.2) is 12.4 Å². The highest BCUT2D eigenvalue weighted by atomic mass is 16.5. The lowest BCUT2D eigenvalue weighted by molar-refractivity contribution is -0.126. The molecule has 1 fully saturated rings. The van der Waals surface area contributed by atoms with Crippen molar-refractivity contribution in [1.29, 1.82) is 5.26 Å². The zero-order chi connectivity index (χ0) is 12.6. The van der Waals surface area contributed by atoms with Crippen LogP contribution in [0.25, 0.3) is 0 Å². The van der Waals surface area contributed by atoms with Gasteiger partial charge in [0.15, 0.2) is 5.78 Å². The summed E-state index contributed by atoms with van der Waals surface area (Å²) < 4.78 is 5.70. The third-order valence-corrected chi connectivity index (χ3v) is 4.21. The summed E-state index contributed by atoms with van der Waals surface area (Å²) in [6, 6.07) is 8.05. The third kappa shape index (κ3) is 1.45. The molecule has 0 saturated heterocycles. The van der Waals surface area contributed by atoms with E-state index < -0.39 is 5.41 Å². The van der Waals surface area contributed by atoms with Gasteiger partial charge in [-0.1, -0.05) is 24.6 Å². The predicted octanol–water partition coefficient (Wildman–Crippen LogP) is 2.53. The minimum absolute atomic E-state index is 0.00364. The first-order valence-corrected chi connectivity index (χ1v) is 6.43. The Hall–Kier alpha value is -1.82. The molecular formula is C15H15NO2. The van der Waals surface area contributed by atoms with Gasteiger partial charge >= 0.3 is 0 Å². The van der Waals surface area contributed by atoms with Gasteiger partial charge < -0.3 is 4.74 Å². The Morgan fingerprint density at radius 2 is 2.28 bits per heavy atom. The largest absolute Gasteiger partial charge is 0.493 e. The molecule has 2 aliphatic rings. The number of ketones is 1. The molecule has 0 N–H and O–H groups in total. The van der Waals surface area contributed by atoms with E-state index in [1.165, 1.54) is 5.56 Å².